The van der Waals surface area contributed by atoms with Gasteiger partial charge in [0.1, 0.15) is 11.7 Å². The second-order valence-electron chi connectivity index (χ2n) is 21.5. The zero-order valence-electron chi connectivity index (χ0n) is 34.6. The van der Waals surface area contributed by atoms with Gasteiger partial charge in [-0.3, -0.25) is 14.6 Å². The maximum absolute atomic E-state index is 13.6. The number of epoxide rings is 1. The van der Waals surface area contributed by atoms with Crippen LogP contribution in [-0.2, 0) is 25.6 Å². The maximum Gasteiger partial charge on any atom is 0.309 e. The summed E-state index contributed by atoms with van der Waals surface area (Å²) in [7, 11) is 0. The van der Waals surface area contributed by atoms with E-state index in [9.17, 15) is 19.8 Å². The number of carboxylic acid groups (broad SMARTS) is 1. The normalized spacial score (nSPS) is 44.7. The zero-order chi connectivity index (χ0) is 38.9. The monoisotopic (exact) mass is 745 g/mol. The smallest absolute Gasteiger partial charge is 0.309 e. The second-order valence-corrected chi connectivity index (χ2v) is 21.5. The van der Waals surface area contributed by atoms with Gasteiger partial charge < -0.3 is 25.0 Å². The Kier molecular flexibility index (Phi) is 9.00. The molecule has 1 aromatic rings. The highest BCUT2D eigenvalue weighted by Gasteiger charge is 2.73. The van der Waals surface area contributed by atoms with Crippen LogP contribution in [0.2, 0.25) is 0 Å². The van der Waals surface area contributed by atoms with Gasteiger partial charge in [0.05, 0.1) is 24.5 Å². The third-order valence-electron chi connectivity index (χ3n) is 18.4. The van der Waals surface area contributed by atoms with E-state index in [0.717, 1.165) is 51.6 Å². The van der Waals surface area contributed by atoms with E-state index in [-0.39, 0.29) is 50.7 Å². The summed E-state index contributed by atoms with van der Waals surface area (Å²) in [4.78, 5) is 29.6. The van der Waals surface area contributed by atoms with Crippen LogP contribution in [0.3, 0.4) is 0 Å². The number of aliphatic hydroxyl groups is 1. The molecule has 6 fully saturated rings. The van der Waals surface area contributed by atoms with E-state index in [1.54, 1.807) is 5.57 Å². The predicted molar refractivity (Wildman–Crippen MR) is 208 cm³/mol. The van der Waals surface area contributed by atoms with Crippen LogP contribution in [-0.4, -0.2) is 58.1 Å². The molecule has 5 saturated carbocycles. The van der Waals surface area contributed by atoms with Crippen molar-refractivity contribution < 1.29 is 29.3 Å². The lowest BCUT2D eigenvalue weighted by atomic mass is 9.33. The molecule has 1 aliphatic heterocycles. The number of aliphatic carboxylic acids is 1. The number of carbonyl (C=O) groups excluding carboxylic acids is 1. The predicted octanol–water partition coefficient (Wildman–Crippen LogP) is 8.37. The highest BCUT2D eigenvalue weighted by Crippen LogP contribution is 2.78. The number of ether oxygens (including phenoxy) is 2. The number of hydrogen-bond donors (Lipinski definition) is 3. The number of fused-ring (bicyclic) bond motifs is 7. The van der Waals surface area contributed by atoms with Gasteiger partial charge in [0.25, 0.3) is 0 Å². The first-order chi connectivity index (χ1) is 25.3. The lowest BCUT2D eigenvalue weighted by Gasteiger charge is -2.72. The molecule has 7 aliphatic rings. The van der Waals surface area contributed by atoms with Crippen LogP contribution in [0.25, 0.3) is 0 Å². The zero-order valence-corrected chi connectivity index (χ0v) is 34.6. The Balaban J connectivity index is 1.05. The first-order valence-electron chi connectivity index (χ1n) is 21.4. The number of rotatable bonds is 9. The summed E-state index contributed by atoms with van der Waals surface area (Å²) < 4.78 is 12.9. The molecule has 54 heavy (non-hydrogen) atoms. The number of hydrogen-bond acceptors (Lipinski definition) is 7. The number of aliphatic hydroxyl groups excluding tert-OH is 1. The molecular formula is C46H68N2O6. The van der Waals surface area contributed by atoms with Crippen LogP contribution in [0.4, 0.5) is 0 Å². The first kappa shape index (κ1) is 38.6. The van der Waals surface area contributed by atoms with Crippen molar-refractivity contribution >= 4 is 11.9 Å². The summed E-state index contributed by atoms with van der Waals surface area (Å²) in [5, 5.41) is 25.7. The molecule has 0 amide bonds. The van der Waals surface area contributed by atoms with Gasteiger partial charge in [-0.25, -0.2) is 0 Å². The summed E-state index contributed by atoms with van der Waals surface area (Å²) >= 11 is 0. The van der Waals surface area contributed by atoms with Crippen LogP contribution in [0.1, 0.15) is 132 Å². The van der Waals surface area contributed by atoms with Crippen LogP contribution < -0.4 is 5.32 Å². The molecule has 0 bridgehead atoms. The molecule has 6 aliphatic carbocycles. The third-order valence-corrected chi connectivity index (χ3v) is 18.4. The first-order valence-corrected chi connectivity index (χ1v) is 21.4. The van der Waals surface area contributed by atoms with Gasteiger partial charge in [-0.1, -0.05) is 67.9 Å². The van der Waals surface area contributed by atoms with E-state index in [1.807, 2.05) is 38.4 Å². The second kappa shape index (κ2) is 12.6. The van der Waals surface area contributed by atoms with Gasteiger partial charge in [-0.2, -0.15) is 0 Å². The molecular weight excluding hydrogens is 677 g/mol. The molecule has 0 radical (unpaired) electrons. The Morgan fingerprint density at radius 1 is 0.907 bits per heavy atom. The van der Waals surface area contributed by atoms with E-state index >= 15 is 0 Å². The van der Waals surface area contributed by atoms with Crippen LogP contribution in [0.5, 0.6) is 0 Å². The highest BCUT2D eigenvalue weighted by atomic mass is 16.6. The molecule has 298 valence electrons. The molecule has 3 N–H and O–H groups in total. The Bertz CT molecular complexity index is 1700. The van der Waals surface area contributed by atoms with Crippen molar-refractivity contribution in [3.05, 3.63) is 41.2 Å². The van der Waals surface area contributed by atoms with Gasteiger partial charge in [-0.15, -0.1) is 0 Å². The summed E-state index contributed by atoms with van der Waals surface area (Å²) in [6.07, 6.45) is 13.0. The van der Waals surface area contributed by atoms with Gasteiger partial charge in [0, 0.05) is 36.3 Å². The standard InChI is InChI=1S/C46H68N2O6/c1-27(2)36-37-29-10-11-33-42(7)16-13-35(54-39(52)31-22-30(38(50)51)40(31,3)4)41(5,6)32(42)12-17-44(33,9)43(29,8)18-19-45(37,25-46(36)26-53-46)34(49)24-48-23-28-14-20-47-21-15-28/h14-15,20-21,27,29-35,48-49H,10-13,16-19,22-26H2,1-9H3,(H,50,51)/t29-,30+,31-,32+,33-,34+,35+,42+,43-,44-,45+,46?/m1/s1. The number of pyridine rings is 1. The average Bonchev–Trinajstić information content (AvgIpc) is 3.78. The highest BCUT2D eigenvalue weighted by molar-refractivity contribution is 5.81. The molecule has 0 aromatic carbocycles. The summed E-state index contributed by atoms with van der Waals surface area (Å²) in [5.41, 5.74) is 3.43. The molecule has 8 heteroatoms. The summed E-state index contributed by atoms with van der Waals surface area (Å²) in [5.74, 6) is -0.0584. The average molecular weight is 745 g/mol. The third kappa shape index (κ3) is 5.26. The van der Waals surface area contributed by atoms with E-state index in [0.29, 0.717) is 43.2 Å². The SMILES string of the molecule is CC(C)C1=C2[C@H]3CC[C@@H]4[C@@]5(C)CC[C@H](OC(=O)[C@H]6C[C@@H](C(=O)O)C6(C)C)C(C)(C)[C@@H]5CC[C@@]4(C)[C@]3(C)CC[C@@]2([C@@H](O)CNCc2ccncc2)CC12CO2. The molecule has 8 rings (SSSR count). The molecule has 8 nitrogen and oxygen atoms in total. The van der Waals surface area contributed by atoms with Crippen molar-refractivity contribution in [3.8, 4) is 0 Å². The van der Waals surface area contributed by atoms with Crippen molar-refractivity contribution in [3.63, 3.8) is 0 Å². The Morgan fingerprint density at radius 3 is 2.24 bits per heavy atom. The summed E-state index contributed by atoms with van der Waals surface area (Å²) in [6, 6.07) is 4.08. The minimum atomic E-state index is -0.815. The van der Waals surface area contributed by atoms with Crippen molar-refractivity contribution in [1.29, 1.82) is 0 Å². The van der Waals surface area contributed by atoms with Crippen LogP contribution in [0, 0.1) is 68.0 Å². The molecule has 1 unspecified atom stereocenters. The maximum atomic E-state index is 13.6. The van der Waals surface area contributed by atoms with Crippen molar-refractivity contribution in [2.75, 3.05) is 13.2 Å². The van der Waals surface area contributed by atoms with E-state index < -0.39 is 23.4 Å². The molecule has 12 atom stereocenters. The Hall–Kier alpha value is -2.29. The Morgan fingerprint density at radius 2 is 1.61 bits per heavy atom. The fourth-order valence-electron chi connectivity index (χ4n) is 15.2. The number of nitrogens with one attached hydrogen (secondary N) is 1. The van der Waals surface area contributed by atoms with Gasteiger partial charge in [0.15, 0.2) is 0 Å². The van der Waals surface area contributed by atoms with Gasteiger partial charge >= 0.3 is 11.9 Å². The summed E-state index contributed by atoms with van der Waals surface area (Å²) in [6.45, 7) is 23.2. The number of aromatic nitrogens is 1. The number of nitrogens with zero attached hydrogens (tertiary/aromatic N) is 1. The minimum Gasteiger partial charge on any atom is -0.481 e. The van der Waals surface area contributed by atoms with Crippen molar-refractivity contribution in [2.45, 2.75) is 151 Å². The lowest BCUT2D eigenvalue weighted by Crippen LogP contribution is -2.66. The number of carboxylic acids is 1. The van der Waals surface area contributed by atoms with E-state index in [1.165, 1.54) is 24.0 Å². The lowest BCUT2D eigenvalue weighted by molar-refractivity contribution is -0.238. The number of carbonyl (C=O) groups is 2. The molecule has 1 saturated heterocycles. The molecule has 2 heterocycles. The van der Waals surface area contributed by atoms with Gasteiger partial charge in [0.2, 0.25) is 0 Å². The number of esters is 1. The quantitative estimate of drug-likeness (QED) is 0.131. The van der Waals surface area contributed by atoms with Gasteiger partial charge in [-0.05, 0) is 133 Å². The van der Waals surface area contributed by atoms with E-state index in [4.69, 9.17) is 9.47 Å². The van der Waals surface area contributed by atoms with Crippen LogP contribution in [0.15, 0.2) is 35.7 Å². The Labute approximate surface area is 324 Å². The van der Waals surface area contributed by atoms with Crippen molar-refractivity contribution in [1.82, 2.24) is 10.3 Å². The van der Waals surface area contributed by atoms with E-state index in [2.05, 4.69) is 58.8 Å². The topological polar surface area (TPSA) is 121 Å². The van der Waals surface area contributed by atoms with Crippen LogP contribution >= 0.6 is 0 Å². The minimum absolute atomic E-state index is 0.109. The molecule has 1 spiro atoms. The molecule has 1 aromatic heterocycles. The van der Waals surface area contributed by atoms with Crippen molar-refractivity contribution in [2.24, 2.45) is 68.0 Å². The fourth-order valence-corrected chi connectivity index (χ4v) is 15.2. The fraction of sp³-hybridized carbons (Fsp3) is 0.804. The largest absolute Gasteiger partial charge is 0.481 e.